The Labute approximate surface area is 456 Å². The Balaban J connectivity index is 0.00000193. The minimum Gasteiger partial charge on any atom is -0.466 e. The minimum absolute atomic E-state index is 0.141. The number of hydrogen-bond donors (Lipinski definition) is 1. The molecule has 0 unspecified atom stereocenters. The van der Waals surface area contributed by atoms with Crippen molar-refractivity contribution in [3.63, 3.8) is 0 Å². The van der Waals surface area contributed by atoms with Crippen molar-refractivity contribution in [2.24, 2.45) is 5.92 Å². The third-order valence-electron chi connectivity index (χ3n) is 13.3. The molecule has 0 saturated carbocycles. The van der Waals surface area contributed by atoms with Crippen LogP contribution in [0.5, 0.6) is 0 Å². The number of esters is 1. The van der Waals surface area contributed by atoms with Crippen LogP contribution in [0.25, 0.3) is 0 Å². The lowest BCUT2D eigenvalue weighted by molar-refractivity contribution is -0.159. The van der Waals surface area contributed by atoms with Crippen molar-refractivity contribution < 1.29 is 43.1 Å². The molecular formula is C63H118N2O9. The summed E-state index contributed by atoms with van der Waals surface area (Å²) in [5.41, 5.74) is 0. The van der Waals surface area contributed by atoms with Crippen LogP contribution in [-0.2, 0) is 38.0 Å². The number of likely N-dealkylation sites (tertiary alicyclic amines) is 1. The van der Waals surface area contributed by atoms with Crippen molar-refractivity contribution in [2.45, 2.75) is 246 Å². The summed E-state index contributed by atoms with van der Waals surface area (Å²) in [5, 5.41) is 9.29. The normalized spacial score (nSPS) is 13.8. The molecular weight excluding hydrogens is 929 g/mol. The first-order valence-corrected chi connectivity index (χ1v) is 30.7. The molecule has 0 aromatic carbocycles. The van der Waals surface area contributed by atoms with Gasteiger partial charge >= 0.3 is 5.97 Å². The monoisotopic (exact) mass is 1050 g/mol. The summed E-state index contributed by atoms with van der Waals surface area (Å²) < 4.78 is 34.5. The molecule has 1 fully saturated rings. The maximum absolute atomic E-state index is 12.5. The Bertz CT molecular complexity index is 1220. The second-order valence-electron chi connectivity index (χ2n) is 20.2. The van der Waals surface area contributed by atoms with E-state index in [1.807, 2.05) is 0 Å². The number of ether oxygens (including phenoxy) is 6. The van der Waals surface area contributed by atoms with Gasteiger partial charge in [-0.3, -0.25) is 4.79 Å². The van der Waals surface area contributed by atoms with E-state index in [-0.39, 0.29) is 25.2 Å². The lowest BCUT2D eigenvalue weighted by Crippen LogP contribution is -2.40. The van der Waals surface area contributed by atoms with Gasteiger partial charge in [0.1, 0.15) is 6.29 Å². The van der Waals surface area contributed by atoms with Gasteiger partial charge in [0, 0.05) is 72.5 Å². The number of unbranched alkanes of at least 4 members (excludes halogenated alkanes) is 16. The summed E-state index contributed by atoms with van der Waals surface area (Å²) in [5.74, 6) is 0.638. The highest BCUT2D eigenvalue weighted by Crippen LogP contribution is 2.20. The van der Waals surface area contributed by atoms with Crippen molar-refractivity contribution in [2.75, 3.05) is 92.6 Å². The second kappa shape index (κ2) is 60.0. The summed E-state index contributed by atoms with van der Waals surface area (Å²) in [6.45, 7) is 19.7. The van der Waals surface area contributed by atoms with Gasteiger partial charge in [-0.15, -0.1) is 0 Å². The molecule has 0 aromatic rings. The van der Waals surface area contributed by atoms with E-state index in [9.17, 15) is 14.7 Å². The Kier molecular flexibility index (Phi) is 58.2. The lowest BCUT2D eigenvalue weighted by Gasteiger charge is -2.34. The molecule has 1 aliphatic heterocycles. The van der Waals surface area contributed by atoms with Crippen molar-refractivity contribution in [1.29, 1.82) is 0 Å². The first-order valence-electron chi connectivity index (χ1n) is 30.7. The second-order valence-corrected chi connectivity index (χ2v) is 20.2. The number of β-amino-alcohol motifs (C(OH)–C–C–N with tert-alkyl or cyclic N) is 1. The number of rotatable bonds is 54. The van der Waals surface area contributed by atoms with Gasteiger partial charge in [0.15, 0.2) is 12.6 Å². The molecule has 434 valence electrons. The molecule has 0 bridgehead atoms. The Morgan fingerprint density at radius 3 is 1.35 bits per heavy atom. The topological polar surface area (TPSA) is 116 Å². The third kappa shape index (κ3) is 51.9. The standard InChI is InChI=1S/C43H82N2O6.C20H36O3/c1-4-6-8-10-17-24-38-50-43(51-39-25-18-11-9-7-5-2)27-26-42(47)49-37-23-19-13-15-21-31-45(30-20-14-12-16-22-36-48-3)40-41-28-32-44(33-29-41)34-35-46;1-3-5-7-9-11-13-18-22-20(16-15-17-21)23-19-14-12-10-8-6-4-2/h6-9,41,43,46H,4-5,10-40H2,1-3H3;5-8,17,20H,3-4,9-16,18-19H2,1-2H3/b8-6-,9-7-;7-5-,8-6-. The van der Waals surface area contributed by atoms with E-state index in [1.54, 1.807) is 7.11 Å². The first kappa shape index (κ1) is 71.8. The van der Waals surface area contributed by atoms with Crippen LogP contribution in [0.3, 0.4) is 0 Å². The van der Waals surface area contributed by atoms with E-state index in [2.05, 4.69) is 86.1 Å². The summed E-state index contributed by atoms with van der Waals surface area (Å²) in [6, 6.07) is 0. The van der Waals surface area contributed by atoms with E-state index in [1.165, 1.54) is 83.8 Å². The zero-order valence-electron chi connectivity index (χ0n) is 48.9. The van der Waals surface area contributed by atoms with Crippen LogP contribution < -0.4 is 0 Å². The predicted octanol–water partition coefficient (Wildman–Crippen LogP) is 15.1. The zero-order valence-corrected chi connectivity index (χ0v) is 48.9. The van der Waals surface area contributed by atoms with Gasteiger partial charge in [0.2, 0.25) is 0 Å². The number of nitrogens with zero attached hydrogens (tertiary/aromatic N) is 2. The maximum Gasteiger partial charge on any atom is 0.305 e. The molecule has 1 N–H and O–H groups in total. The smallest absolute Gasteiger partial charge is 0.305 e. The van der Waals surface area contributed by atoms with Crippen LogP contribution in [0.2, 0.25) is 0 Å². The Morgan fingerprint density at radius 1 is 0.527 bits per heavy atom. The van der Waals surface area contributed by atoms with Gasteiger partial charge < -0.3 is 48.1 Å². The van der Waals surface area contributed by atoms with Gasteiger partial charge in [0.05, 0.1) is 19.6 Å². The van der Waals surface area contributed by atoms with Crippen molar-refractivity contribution in [3.8, 4) is 0 Å². The van der Waals surface area contributed by atoms with Crippen LogP contribution in [0.4, 0.5) is 0 Å². The van der Waals surface area contributed by atoms with Crippen molar-refractivity contribution in [1.82, 2.24) is 9.80 Å². The van der Waals surface area contributed by atoms with Crippen LogP contribution in [0.1, 0.15) is 233 Å². The SMILES string of the molecule is CC/C=C\CCCCOC(CCC(=O)OCCCCCCCN(CCCCCCCOC)CC1CCN(CCO)CC1)OCCCC/C=C\CC.CC/C=C\CCCCOC(CCC=O)OCCCC/C=C\CC. The molecule has 0 radical (unpaired) electrons. The number of carbonyl (C=O) groups is 2. The molecule has 11 nitrogen and oxygen atoms in total. The number of methoxy groups -OCH3 is 1. The summed E-state index contributed by atoms with van der Waals surface area (Å²) in [7, 11) is 1.79. The van der Waals surface area contributed by atoms with Crippen LogP contribution in [0.15, 0.2) is 48.6 Å². The molecule has 0 spiro atoms. The van der Waals surface area contributed by atoms with Gasteiger partial charge in [-0.2, -0.15) is 0 Å². The average molecular weight is 1050 g/mol. The predicted molar refractivity (Wildman–Crippen MR) is 311 cm³/mol. The third-order valence-corrected chi connectivity index (χ3v) is 13.3. The molecule has 11 heteroatoms. The van der Waals surface area contributed by atoms with Crippen molar-refractivity contribution in [3.05, 3.63) is 48.6 Å². The average Bonchev–Trinajstić information content (AvgIpc) is 3.41. The largest absolute Gasteiger partial charge is 0.466 e. The van der Waals surface area contributed by atoms with Gasteiger partial charge in [-0.25, -0.2) is 0 Å². The highest BCUT2D eigenvalue weighted by molar-refractivity contribution is 5.69. The first-order chi connectivity index (χ1) is 36.5. The number of piperidine rings is 1. The van der Waals surface area contributed by atoms with Crippen LogP contribution in [0, 0.1) is 5.92 Å². The number of aliphatic hydroxyl groups is 1. The molecule has 0 amide bonds. The summed E-state index contributed by atoms with van der Waals surface area (Å²) >= 11 is 0. The fourth-order valence-electron chi connectivity index (χ4n) is 8.86. The molecule has 1 heterocycles. The van der Waals surface area contributed by atoms with E-state index in [0.29, 0.717) is 58.7 Å². The quantitative estimate of drug-likeness (QED) is 0.0206. The molecule has 0 aliphatic carbocycles. The fraction of sp³-hybridized carbons (Fsp3) is 0.841. The molecule has 74 heavy (non-hydrogen) atoms. The number of hydrogen-bond acceptors (Lipinski definition) is 11. The van der Waals surface area contributed by atoms with E-state index < -0.39 is 0 Å². The Morgan fingerprint density at radius 2 is 0.932 bits per heavy atom. The highest BCUT2D eigenvalue weighted by Gasteiger charge is 2.21. The van der Waals surface area contributed by atoms with Crippen LogP contribution in [-0.4, -0.2) is 132 Å². The van der Waals surface area contributed by atoms with Crippen LogP contribution >= 0.6 is 0 Å². The zero-order chi connectivity index (χ0) is 53.9. The molecule has 1 saturated heterocycles. The number of carbonyl (C=O) groups excluding carboxylic acids is 2. The minimum atomic E-state index is -0.338. The Hall–Kier alpha value is -2.22. The lowest BCUT2D eigenvalue weighted by atomic mass is 9.96. The van der Waals surface area contributed by atoms with Crippen molar-refractivity contribution >= 4 is 12.3 Å². The fourth-order valence-corrected chi connectivity index (χ4v) is 8.86. The summed E-state index contributed by atoms with van der Waals surface area (Å²) in [4.78, 5) is 28.2. The molecule has 0 aromatic heterocycles. The molecule has 1 rings (SSSR count). The van der Waals surface area contributed by atoms with E-state index >= 15 is 0 Å². The van der Waals surface area contributed by atoms with Gasteiger partial charge in [-0.1, -0.05) is 115 Å². The summed E-state index contributed by atoms with van der Waals surface area (Å²) in [6.07, 6.45) is 52.1. The molecule has 0 atom stereocenters. The van der Waals surface area contributed by atoms with E-state index in [4.69, 9.17) is 28.4 Å². The number of aliphatic hydroxyl groups excluding tert-OH is 1. The van der Waals surface area contributed by atoms with E-state index in [0.717, 1.165) is 154 Å². The number of allylic oxidation sites excluding steroid dienone is 8. The molecule has 1 aliphatic rings. The van der Waals surface area contributed by atoms with Gasteiger partial charge in [0.25, 0.3) is 0 Å². The maximum atomic E-state index is 12.5. The highest BCUT2D eigenvalue weighted by atomic mass is 16.7. The van der Waals surface area contributed by atoms with Gasteiger partial charge in [-0.05, 0) is 173 Å². The number of aldehydes is 1.